The van der Waals surface area contributed by atoms with Crippen LogP contribution in [0.1, 0.15) is 5.69 Å². The Bertz CT molecular complexity index is 1220. The predicted octanol–water partition coefficient (Wildman–Crippen LogP) is 2.52. The van der Waals surface area contributed by atoms with E-state index >= 15 is 0 Å². The molecular weight excluding hydrogens is 404 g/mol. The fourth-order valence-corrected chi connectivity index (χ4v) is 3.63. The largest absolute Gasteiger partial charge is 0.497 e. The Morgan fingerprint density at radius 2 is 1.87 bits per heavy atom. The van der Waals surface area contributed by atoms with Crippen molar-refractivity contribution in [2.45, 2.75) is 6.54 Å². The topological polar surface area (TPSA) is 94.8 Å². The predicted molar refractivity (Wildman–Crippen MR) is 113 cm³/mol. The number of nitrogens with one attached hydrogen (secondary N) is 1. The van der Waals surface area contributed by atoms with Crippen LogP contribution < -0.4 is 20.3 Å². The monoisotopic (exact) mass is 422 g/mol. The normalized spacial score (nSPS) is 10.7. The van der Waals surface area contributed by atoms with Gasteiger partial charge in [-0.15, -0.1) is 0 Å². The van der Waals surface area contributed by atoms with Crippen molar-refractivity contribution in [3.63, 3.8) is 0 Å². The van der Waals surface area contributed by atoms with E-state index in [1.54, 1.807) is 19.2 Å². The highest BCUT2D eigenvalue weighted by atomic mass is 32.1. The summed E-state index contributed by atoms with van der Waals surface area (Å²) in [7, 11) is 1.60. The van der Waals surface area contributed by atoms with Crippen LogP contribution in [0.2, 0.25) is 0 Å². The molecule has 152 valence electrons. The average molecular weight is 422 g/mol. The molecule has 1 amide bonds. The van der Waals surface area contributed by atoms with E-state index in [9.17, 15) is 9.59 Å². The lowest BCUT2D eigenvalue weighted by Crippen LogP contribution is -2.29. The Morgan fingerprint density at radius 1 is 1.10 bits per heavy atom. The van der Waals surface area contributed by atoms with E-state index in [-0.39, 0.29) is 24.6 Å². The third kappa shape index (κ3) is 4.47. The smallest absolute Gasteiger partial charge is 0.275 e. The van der Waals surface area contributed by atoms with Crippen LogP contribution in [0, 0.1) is 0 Å². The van der Waals surface area contributed by atoms with Crippen molar-refractivity contribution < 1.29 is 14.3 Å². The lowest BCUT2D eigenvalue weighted by molar-refractivity contribution is -0.123. The molecule has 2 aromatic heterocycles. The molecule has 0 aliphatic rings. The van der Waals surface area contributed by atoms with Gasteiger partial charge in [-0.25, -0.2) is 4.98 Å². The summed E-state index contributed by atoms with van der Waals surface area (Å²) in [6.07, 6.45) is 0. The van der Waals surface area contributed by atoms with Crippen LogP contribution in [0.5, 0.6) is 11.5 Å². The van der Waals surface area contributed by atoms with Gasteiger partial charge in [0, 0.05) is 11.6 Å². The summed E-state index contributed by atoms with van der Waals surface area (Å²) in [6.45, 7) is 0.00586. The van der Waals surface area contributed by atoms with Crippen molar-refractivity contribution >= 4 is 22.2 Å². The molecule has 2 aromatic carbocycles. The molecule has 1 N–H and O–H groups in total. The summed E-state index contributed by atoms with van der Waals surface area (Å²) < 4.78 is 11.8. The minimum atomic E-state index is -0.305. The van der Waals surface area contributed by atoms with Gasteiger partial charge < -0.3 is 14.8 Å². The minimum Gasteiger partial charge on any atom is -0.497 e. The highest BCUT2D eigenvalue weighted by Gasteiger charge is 2.12. The number of hydrogen-bond donors (Lipinski definition) is 1. The lowest BCUT2D eigenvalue weighted by atomic mass is 10.2. The summed E-state index contributed by atoms with van der Waals surface area (Å²) in [5.74, 6) is 1.05. The van der Waals surface area contributed by atoms with Gasteiger partial charge >= 0.3 is 0 Å². The van der Waals surface area contributed by atoms with Gasteiger partial charge in [0.15, 0.2) is 6.61 Å². The van der Waals surface area contributed by atoms with Crippen molar-refractivity contribution in [3.8, 4) is 22.1 Å². The maximum absolute atomic E-state index is 12.4. The number of benzene rings is 2. The summed E-state index contributed by atoms with van der Waals surface area (Å²) in [5.41, 5.74) is 1.01. The van der Waals surface area contributed by atoms with Gasteiger partial charge in [-0.3, -0.25) is 9.59 Å². The van der Waals surface area contributed by atoms with Gasteiger partial charge in [0.2, 0.25) is 4.96 Å². The molecule has 0 aliphatic heterocycles. The molecule has 0 bridgehead atoms. The zero-order valence-electron chi connectivity index (χ0n) is 16.1. The molecule has 4 rings (SSSR count). The Kier molecular flexibility index (Phi) is 5.71. The van der Waals surface area contributed by atoms with E-state index in [4.69, 9.17) is 9.47 Å². The number of aromatic nitrogens is 3. The zero-order chi connectivity index (χ0) is 20.9. The number of para-hydroxylation sites is 1. The summed E-state index contributed by atoms with van der Waals surface area (Å²) >= 11 is 1.30. The Morgan fingerprint density at radius 3 is 2.60 bits per heavy atom. The standard InChI is InChI=1S/C21H18N4O4S/c1-28-16-9-7-14(8-10-16)20-24-25-19(27)11-15(23-21(25)30-20)12-22-18(26)13-29-17-5-3-2-4-6-17/h2-11H,12-13H2,1H3,(H,22,26). The Balaban J connectivity index is 1.44. The van der Waals surface area contributed by atoms with Crippen LogP contribution in [-0.2, 0) is 11.3 Å². The molecule has 0 radical (unpaired) electrons. The van der Waals surface area contributed by atoms with Crippen LogP contribution in [0.15, 0.2) is 65.5 Å². The molecular formula is C21H18N4O4S. The molecule has 4 aromatic rings. The minimum absolute atomic E-state index is 0.118. The molecule has 8 nitrogen and oxygen atoms in total. The molecule has 0 saturated carbocycles. The van der Waals surface area contributed by atoms with E-state index in [0.717, 1.165) is 11.3 Å². The molecule has 0 unspecified atom stereocenters. The number of methoxy groups -OCH3 is 1. The third-order valence-corrected chi connectivity index (χ3v) is 5.17. The number of fused-ring (bicyclic) bond motifs is 1. The highest BCUT2D eigenvalue weighted by molar-refractivity contribution is 7.19. The highest BCUT2D eigenvalue weighted by Crippen LogP contribution is 2.26. The van der Waals surface area contributed by atoms with E-state index in [2.05, 4.69) is 15.4 Å². The number of carbonyl (C=O) groups excluding carboxylic acids is 1. The van der Waals surface area contributed by atoms with Gasteiger partial charge in [0.25, 0.3) is 11.5 Å². The van der Waals surface area contributed by atoms with Crippen LogP contribution in [-0.4, -0.2) is 34.2 Å². The molecule has 0 saturated heterocycles. The van der Waals surface area contributed by atoms with Gasteiger partial charge in [0.05, 0.1) is 19.3 Å². The van der Waals surface area contributed by atoms with E-state index in [1.807, 2.05) is 42.5 Å². The van der Waals surface area contributed by atoms with Crippen LogP contribution in [0.25, 0.3) is 15.5 Å². The molecule has 0 fully saturated rings. The first-order valence-corrected chi connectivity index (χ1v) is 9.93. The first-order chi connectivity index (χ1) is 14.6. The number of rotatable bonds is 7. The maximum Gasteiger partial charge on any atom is 0.275 e. The van der Waals surface area contributed by atoms with Gasteiger partial charge in [-0.05, 0) is 36.4 Å². The van der Waals surface area contributed by atoms with Crippen LogP contribution in [0.4, 0.5) is 0 Å². The first kappa shape index (κ1) is 19.6. The first-order valence-electron chi connectivity index (χ1n) is 9.11. The molecule has 30 heavy (non-hydrogen) atoms. The SMILES string of the molecule is COc1ccc(-c2nn3c(=O)cc(CNC(=O)COc4ccccc4)nc3s2)cc1. The van der Waals surface area contributed by atoms with E-state index in [1.165, 1.54) is 21.9 Å². The number of amides is 1. The molecule has 0 atom stereocenters. The van der Waals surface area contributed by atoms with E-state index in [0.29, 0.717) is 21.4 Å². The second-order valence-corrected chi connectivity index (χ2v) is 7.25. The van der Waals surface area contributed by atoms with Crippen molar-refractivity contribution in [2.75, 3.05) is 13.7 Å². The van der Waals surface area contributed by atoms with Crippen molar-refractivity contribution in [2.24, 2.45) is 0 Å². The Hall–Kier alpha value is -3.72. The van der Waals surface area contributed by atoms with Crippen molar-refractivity contribution in [1.29, 1.82) is 0 Å². The second-order valence-electron chi connectivity index (χ2n) is 6.29. The maximum atomic E-state index is 12.4. The van der Waals surface area contributed by atoms with Gasteiger partial charge in [-0.1, -0.05) is 29.5 Å². The summed E-state index contributed by atoms with van der Waals surface area (Å²) in [5, 5.41) is 7.72. The fourth-order valence-electron chi connectivity index (χ4n) is 2.70. The number of carbonyl (C=O) groups is 1. The molecule has 0 spiro atoms. The van der Waals surface area contributed by atoms with Crippen LogP contribution in [0.3, 0.4) is 0 Å². The zero-order valence-corrected chi connectivity index (χ0v) is 16.9. The van der Waals surface area contributed by atoms with Gasteiger partial charge in [0.1, 0.15) is 16.5 Å². The third-order valence-electron chi connectivity index (χ3n) is 4.21. The number of ether oxygens (including phenoxy) is 2. The Labute approximate surface area is 175 Å². The quantitative estimate of drug-likeness (QED) is 0.492. The van der Waals surface area contributed by atoms with Crippen molar-refractivity contribution in [3.05, 3.63) is 76.7 Å². The van der Waals surface area contributed by atoms with E-state index < -0.39 is 0 Å². The van der Waals surface area contributed by atoms with Crippen LogP contribution >= 0.6 is 11.3 Å². The summed E-state index contributed by atoms with van der Waals surface area (Å²) in [6, 6.07) is 17.8. The number of hydrogen-bond acceptors (Lipinski definition) is 7. The number of nitrogens with zero attached hydrogens (tertiary/aromatic N) is 3. The second kappa shape index (κ2) is 8.75. The van der Waals surface area contributed by atoms with Gasteiger partial charge in [-0.2, -0.15) is 9.61 Å². The molecule has 2 heterocycles. The van der Waals surface area contributed by atoms with Crippen molar-refractivity contribution in [1.82, 2.24) is 19.9 Å². The fraction of sp³-hybridized carbons (Fsp3) is 0.143. The molecule has 9 heteroatoms. The summed E-state index contributed by atoms with van der Waals surface area (Å²) in [4.78, 5) is 29.3. The molecule has 0 aliphatic carbocycles. The average Bonchev–Trinajstić information content (AvgIpc) is 3.22. The lowest BCUT2D eigenvalue weighted by Gasteiger charge is -2.07.